The van der Waals surface area contributed by atoms with E-state index < -0.39 is 11.7 Å². The van der Waals surface area contributed by atoms with E-state index in [1.54, 1.807) is 0 Å². The molecule has 2 atom stereocenters. The van der Waals surface area contributed by atoms with Crippen LogP contribution in [0.4, 0.5) is 0 Å². The number of aryl methyl sites for hydroxylation is 1. The number of ether oxygens (including phenoxy) is 2. The van der Waals surface area contributed by atoms with Crippen LogP contribution in [0.5, 0.6) is 0 Å². The molecule has 3 heteroatoms. The Bertz CT molecular complexity index is 475. The van der Waals surface area contributed by atoms with Gasteiger partial charge in [0.2, 0.25) is 0 Å². The van der Waals surface area contributed by atoms with Gasteiger partial charge in [-0.1, -0.05) is 36.8 Å². The summed E-state index contributed by atoms with van der Waals surface area (Å²) >= 11 is 0. The molecule has 1 heterocycles. The summed E-state index contributed by atoms with van der Waals surface area (Å²) in [4.78, 5) is 12.1. The molecule has 1 aliphatic carbocycles. The predicted octanol–water partition coefficient (Wildman–Crippen LogP) is 3.09. The maximum absolute atomic E-state index is 12.1. The van der Waals surface area contributed by atoms with Crippen molar-refractivity contribution in [2.75, 3.05) is 0 Å². The van der Waals surface area contributed by atoms with Crippen molar-refractivity contribution in [3.05, 3.63) is 35.4 Å². The molecule has 1 saturated carbocycles. The van der Waals surface area contributed by atoms with E-state index in [2.05, 4.69) is 38.1 Å². The highest BCUT2D eigenvalue weighted by Crippen LogP contribution is 2.50. The maximum Gasteiger partial charge on any atom is 0.339 e. The van der Waals surface area contributed by atoms with Crippen LogP contribution in [0.2, 0.25) is 0 Å². The van der Waals surface area contributed by atoms with Gasteiger partial charge < -0.3 is 9.47 Å². The average molecular weight is 260 g/mol. The minimum atomic E-state index is -0.450. The summed E-state index contributed by atoms with van der Waals surface area (Å²) in [6.45, 7) is 4.11. The SMILES string of the molecule is CCC1(c2ccc(C)cc2)OC1C(=O)OC1CCC1. The molecule has 0 spiro atoms. The number of esters is 1. The largest absolute Gasteiger partial charge is 0.460 e. The Hall–Kier alpha value is -1.35. The summed E-state index contributed by atoms with van der Waals surface area (Å²) < 4.78 is 11.2. The van der Waals surface area contributed by atoms with Crippen LogP contribution in [0.3, 0.4) is 0 Å². The molecular formula is C16H20O3. The first-order chi connectivity index (χ1) is 9.15. The zero-order valence-corrected chi connectivity index (χ0v) is 11.5. The number of hydrogen-bond acceptors (Lipinski definition) is 3. The highest BCUT2D eigenvalue weighted by molar-refractivity contribution is 5.80. The van der Waals surface area contributed by atoms with Gasteiger partial charge in [0, 0.05) is 0 Å². The van der Waals surface area contributed by atoms with E-state index in [4.69, 9.17) is 9.47 Å². The third-order valence-corrected chi connectivity index (χ3v) is 4.31. The summed E-state index contributed by atoms with van der Waals surface area (Å²) in [6, 6.07) is 8.22. The van der Waals surface area contributed by atoms with Gasteiger partial charge in [-0.2, -0.15) is 0 Å². The van der Waals surface area contributed by atoms with Crippen LogP contribution in [0.15, 0.2) is 24.3 Å². The van der Waals surface area contributed by atoms with Crippen molar-refractivity contribution in [2.24, 2.45) is 0 Å². The Morgan fingerprint density at radius 3 is 2.58 bits per heavy atom. The van der Waals surface area contributed by atoms with Crippen LogP contribution in [0, 0.1) is 6.92 Å². The van der Waals surface area contributed by atoms with Crippen LogP contribution in [0.1, 0.15) is 43.7 Å². The normalized spacial score (nSPS) is 29.7. The van der Waals surface area contributed by atoms with E-state index in [1.807, 2.05) is 0 Å². The molecule has 2 unspecified atom stereocenters. The first-order valence-electron chi connectivity index (χ1n) is 7.11. The van der Waals surface area contributed by atoms with Gasteiger partial charge >= 0.3 is 5.97 Å². The predicted molar refractivity (Wildman–Crippen MR) is 71.8 cm³/mol. The van der Waals surface area contributed by atoms with E-state index in [0.29, 0.717) is 0 Å². The molecule has 0 bridgehead atoms. The summed E-state index contributed by atoms with van der Waals surface area (Å²) in [5.41, 5.74) is 1.84. The van der Waals surface area contributed by atoms with Crippen molar-refractivity contribution in [2.45, 2.75) is 57.3 Å². The van der Waals surface area contributed by atoms with Crippen LogP contribution < -0.4 is 0 Å². The fraction of sp³-hybridized carbons (Fsp3) is 0.562. The van der Waals surface area contributed by atoms with Crippen LogP contribution >= 0.6 is 0 Å². The first-order valence-corrected chi connectivity index (χ1v) is 7.11. The monoisotopic (exact) mass is 260 g/mol. The lowest BCUT2D eigenvalue weighted by atomic mass is 9.91. The zero-order valence-electron chi connectivity index (χ0n) is 11.5. The molecule has 2 aliphatic rings. The number of carbonyl (C=O) groups is 1. The lowest BCUT2D eigenvalue weighted by Crippen LogP contribution is -2.29. The topological polar surface area (TPSA) is 38.8 Å². The smallest absolute Gasteiger partial charge is 0.339 e. The Balaban J connectivity index is 1.72. The molecular weight excluding hydrogens is 240 g/mol. The van der Waals surface area contributed by atoms with Crippen molar-refractivity contribution in [1.29, 1.82) is 0 Å². The minimum Gasteiger partial charge on any atom is -0.460 e. The molecule has 1 aromatic rings. The Morgan fingerprint density at radius 1 is 1.37 bits per heavy atom. The standard InChI is InChI=1S/C16H20O3/c1-3-16(12-9-7-11(2)8-10-12)14(19-16)15(17)18-13-5-4-6-13/h7-10,13-14H,3-6H2,1-2H3. The van der Waals surface area contributed by atoms with Gasteiger partial charge in [-0.25, -0.2) is 4.79 Å². The molecule has 2 fully saturated rings. The fourth-order valence-electron chi connectivity index (χ4n) is 2.66. The third kappa shape index (κ3) is 2.16. The highest BCUT2D eigenvalue weighted by atomic mass is 16.7. The van der Waals surface area contributed by atoms with Gasteiger partial charge in [-0.15, -0.1) is 0 Å². The minimum absolute atomic E-state index is 0.129. The van der Waals surface area contributed by atoms with Crippen molar-refractivity contribution in [3.8, 4) is 0 Å². The van der Waals surface area contributed by atoms with E-state index in [-0.39, 0.29) is 12.1 Å². The first kappa shape index (κ1) is 12.7. The summed E-state index contributed by atoms with van der Waals surface area (Å²) in [5.74, 6) is -0.188. The van der Waals surface area contributed by atoms with E-state index in [9.17, 15) is 4.79 Å². The Morgan fingerprint density at radius 2 is 2.05 bits per heavy atom. The second-order valence-corrected chi connectivity index (χ2v) is 5.60. The Labute approximate surface area is 113 Å². The van der Waals surface area contributed by atoms with Crippen molar-refractivity contribution in [1.82, 2.24) is 0 Å². The maximum atomic E-state index is 12.1. The zero-order chi connectivity index (χ0) is 13.5. The van der Waals surface area contributed by atoms with E-state index in [1.165, 1.54) is 12.0 Å². The number of epoxide rings is 1. The van der Waals surface area contributed by atoms with Crippen LogP contribution in [0.25, 0.3) is 0 Å². The molecule has 0 amide bonds. The molecule has 3 rings (SSSR count). The summed E-state index contributed by atoms with van der Waals surface area (Å²) in [5, 5.41) is 0. The van der Waals surface area contributed by atoms with Gasteiger partial charge in [0.05, 0.1) is 0 Å². The molecule has 0 aromatic heterocycles. The number of rotatable bonds is 4. The quantitative estimate of drug-likeness (QED) is 0.617. The lowest BCUT2D eigenvalue weighted by Gasteiger charge is -2.25. The molecule has 0 radical (unpaired) electrons. The summed E-state index contributed by atoms with van der Waals surface area (Å²) in [7, 11) is 0. The van der Waals surface area contributed by atoms with Crippen molar-refractivity contribution < 1.29 is 14.3 Å². The second kappa shape index (κ2) is 4.64. The number of hydrogen-bond donors (Lipinski definition) is 0. The van der Waals surface area contributed by atoms with Gasteiger partial charge in [0.25, 0.3) is 0 Å². The molecule has 102 valence electrons. The highest BCUT2D eigenvalue weighted by Gasteiger charge is 2.61. The van der Waals surface area contributed by atoms with Gasteiger partial charge in [0.15, 0.2) is 6.10 Å². The average Bonchev–Trinajstić information content (AvgIpc) is 3.10. The van der Waals surface area contributed by atoms with Crippen molar-refractivity contribution in [3.63, 3.8) is 0 Å². The number of carbonyl (C=O) groups excluding carboxylic acids is 1. The van der Waals surface area contributed by atoms with Gasteiger partial charge in [-0.3, -0.25) is 0 Å². The van der Waals surface area contributed by atoms with E-state index in [0.717, 1.165) is 24.8 Å². The van der Waals surface area contributed by atoms with Crippen LogP contribution in [-0.2, 0) is 19.9 Å². The molecule has 3 nitrogen and oxygen atoms in total. The van der Waals surface area contributed by atoms with Gasteiger partial charge in [-0.05, 0) is 38.2 Å². The molecule has 0 N–H and O–H groups in total. The van der Waals surface area contributed by atoms with Crippen LogP contribution in [-0.4, -0.2) is 18.2 Å². The summed E-state index contributed by atoms with van der Waals surface area (Å²) in [6.07, 6.45) is 3.68. The molecule has 19 heavy (non-hydrogen) atoms. The lowest BCUT2D eigenvalue weighted by molar-refractivity contribution is -0.154. The van der Waals surface area contributed by atoms with Gasteiger partial charge in [0.1, 0.15) is 11.7 Å². The van der Waals surface area contributed by atoms with E-state index >= 15 is 0 Å². The Kier molecular flexibility index (Phi) is 3.09. The molecule has 1 aromatic carbocycles. The molecule has 1 saturated heterocycles. The third-order valence-electron chi connectivity index (χ3n) is 4.31. The fourth-order valence-corrected chi connectivity index (χ4v) is 2.66. The van der Waals surface area contributed by atoms with Crippen molar-refractivity contribution >= 4 is 5.97 Å². The second-order valence-electron chi connectivity index (χ2n) is 5.60. The molecule has 1 aliphatic heterocycles. The number of benzene rings is 1.